The first-order valence-corrected chi connectivity index (χ1v) is 19.4. The maximum atomic E-state index is 6.76. The molecule has 58 heavy (non-hydrogen) atoms. The van der Waals surface area contributed by atoms with Crippen LogP contribution >= 0.6 is 0 Å². The van der Waals surface area contributed by atoms with Crippen LogP contribution in [0.2, 0.25) is 0 Å². The third-order valence-corrected chi connectivity index (χ3v) is 11.3. The summed E-state index contributed by atoms with van der Waals surface area (Å²) in [4.78, 5) is 15.1. The zero-order valence-corrected chi connectivity index (χ0v) is 31.1. The molecular weight excluding hydrogens is 711 g/mol. The minimum Gasteiger partial charge on any atom is -0.456 e. The van der Waals surface area contributed by atoms with E-state index in [2.05, 4.69) is 115 Å². The maximum absolute atomic E-state index is 6.76. The molecule has 9 aromatic carbocycles. The van der Waals surface area contributed by atoms with E-state index in [9.17, 15) is 0 Å². The smallest absolute Gasteiger partial charge is 0.167 e. The van der Waals surface area contributed by atoms with E-state index < -0.39 is 0 Å². The van der Waals surface area contributed by atoms with E-state index in [1.807, 2.05) is 72.8 Å². The van der Waals surface area contributed by atoms with Gasteiger partial charge in [-0.1, -0.05) is 158 Å². The SMILES string of the molecule is c1ccc(-c2nc(-c3ccccc3)nc(-c3ccc(-c4ccc5oc6cc(-c7cccc8ccccc78)c7ccccc7c6c5c4)c4c3oc3ccccc34)n2)cc1. The average Bonchev–Trinajstić information content (AvgIpc) is 3.87. The number of fused-ring (bicyclic) bond motifs is 9. The van der Waals surface area contributed by atoms with Crippen molar-refractivity contribution in [3.63, 3.8) is 0 Å². The van der Waals surface area contributed by atoms with Crippen LogP contribution in [0.1, 0.15) is 0 Å². The quantitative estimate of drug-likeness (QED) is 0.176. The molecule has 0 N–H and O–H groups in total. The molecule has 0 saturated heterocycles. The molecule has 12 aromatic rings. The molecule has 5 nitrogen and oxygen atoms in total. The number of rotatable bonds is 5. The van der Waals surface area contributed by atoms with Crippen molar-refractivity contribution in [1.82, 2.24) is 15.0 Å². The molecule has 5 heteroatoms. The van der Waals surface area contributed by atoms with Crippen LogP contribution in [0.3, 0.4) is 0 Å². The molecule has 0 amide bonds. The summed E-state index contributed by atoms with van der Waals surface area (Å²) in [7, 11) is 0. The van der Waals surface area contributed by atoms with Crippen LogP contribution in [0.4, 0.5) is 0 Å². The standard InChI is InChI=1S/C53H31N3O2/c1-3-15-33(16-4-1)51-54-52(34-17-5-2-6-18-34)56-53(55-51)42-28-27-37(49-41-23-11-12-25-45(41)58-50(42)49)35-26-29-46-44(30-35)48-40-22-10-9-21-39(40)43(31-47(48)57-46)38-24-13-19-32-14-7-8-20-36(32)38/h1-31H. The molecule has 3 aromatic heterocycles. The summed E-state index contributed by atoms with van der Waals surface area (Å²) < 4.78 is 13.5. The molecule has 0 fully saturated rings. The molecule has 0 saturated carbocycles. The van der Waals surface area contributed by atoms with Crippen molar-refractivity contribution in [3.05, 3.63) is 188 Å². The predicted octanol–water partition coefficient (Wildman–Crippen LogP) is 14.3. The van der Waals surface area contributed by atoms with Gasteiger partial charge in [-0.2, -0.15) is 0 Å². The summed E-state index contributed by atoms with van der Waals surface area (Å²) in [6, 6.07) is 65.1. The highest BCUT2D eigenvalue weighted by molar-refractivity contribution is 6.24. The number of hydrogen-bond acceptors (Lipinski definition) is 5. The summed E-state index contributed by atoms with van der Waals surface area (Å²) >= 11 is 0. The second-order valence-electron chi connectivity index (χ2n) is 14.7. The van der Waals surface area contributed by atoms with Gasteiger partial charge in [-0.15, -0.1) is 0 Å². The van der Waals surface area contributed by atoms with Gasteiger partial charge in [-0.25, -0.2) is 15.0 Å². The third kappa shape index (κ3) is 5.07. The Morgan fingerprint density at radius 1 is 0.293 bits per heavy atom. The van der Waals surface area contributed by atoms with Crippen LogP contribution in [0.25, 0.3) is 122 Å². The Morgan fingerprint density at radius 3 is 1.67 bits per heavy atom. The Hall–Kier alpha value is -7.89. The lowest BCUT2D eigenvalue weighted by Gasteiger charge is -2.11. The highest BCUT2D eigenvalue weighted by Gasteiger charge is 2.22. The minimum atomic E-state index is 0.549. The number of benzene rings is 9. The van der Waals surface area contributed by atoms with Crippen LogP contribution in [-0.4, -0.2) is 15.0 Å². The molecule has 0 spiro atoms. The summed E-state index contributed by atoms with van der Waals surface area (Å²) in [5.74, 6) is 1.75. The number of hydrogen-bond donors (Lipinski definition) is 0. The lowest BCUT2D eigenvalue weighted by molar-refractivity contribution is 0.669. The van der Waals surface area contributed by atoms with Gasteiger partial charge in [-0.05, 0) is 74.1 Å². The van der Waals surface area contributed by atoms with Crippen molar-refractivity contribution >= 4 is 65.4 Å². The van der Waals surface area contributed by atoms with Crippen LogP contribution in [0.5, 0.6) is 0 Å². The van der Waals surface area contributed by atoms with Crippen LogP contribution < -0.4 is 0 Å². The zero-order chi connectivity index (χ0) is 38.2. The molecular formula is C53H31N3O2. The lowest BCUT2D eigenvalue weighted by atomic mass is 9.91. The monoisotopic (exact) mass is 741 g/mol. The Kier molecular flexibility index (Phi) is 7.16. The van der Waals surface area contributed by atoms with Crippen LogP contribution in [0, 0.1) is 0 Å². The van der Waals surface area contributed by atoms with Crippen LogP contribution in [0.15, 0.2) is 197 Å². The van der Waals surface area contributed by atoms with Crippen molar-refractivity contribution in [1.29, 1.82) is 0 Å². The second kappa shape index (κ2) is 12.8. The lowest BCUT2D eigenvalue weighted by Crippen LogP contribution is -2.00. The van der Waals surface area contributed by atoms with Crippen molar-refractivity contribution in [3.8, 4) is 56.4 Å². The summed E-state index contributed by atoms with van der Waals surface area (Å²) in [6.45, 7) is 0. The topological polar surface area (TPSA) is 65.0 Å². The van der Waals surface area contributed by atoms with E-state index in [1.54, 1.807) is 0 Å². The van der Waals surface area contributed by atoms with Gasteiger partial charge in [0.1, 0.15) is 22.3 Å². The molecule has 0 aliphatic heterocycles. The highest BCUT2D eigenvalue weighted by Crippen LogP contribution is 2.45. The Labute approximate surface area is 332 Å². The largest absolute Gasteiger partial charge is 0.456 e. The number of para-hydroxylation sites is 1. The van der Waals surface area contributed by atoms with Gasteiger partial charge in [0.2, 0.25) is 0 Å². The van der Waals surface area contributed by atoms with E-state index in [-0.39, 0.29) is 0 Å². The molecule has 3 heterocycles. The Bertz CT molecular complexity index is 3510. The van der Waals surface area contributed by atoms with Gasteiger partial charge in [0.15, 0.2) is 17.5 Å². The number of furan rings is 2. The first-order chi connectivity index (χ1) is 28.7. The molecule has 0 radical (unpaired) electrons. The van der Waals surface area contributed by atoms with Crippen molar-refractivity contribution < 1.29 is 8.83 Å². The fourth-order valence-corrected chi connectivity index (χ4v) is 8.67. The molecule has 0 aliphatic carbocycles. The molecule has 0 aliphatic rings. The van der Waals surface area contributed by atoms with Crippen molar-refractivity contribution in [2.24, 2.45) is 0 Å². The molecule has 12 rings (SSSR count). The van der Waals surface area contributed by atoms with Gasteiger partial charge in [0, 0.05) is 32.7 Å². The van der Waals surface area contributed by atoms with Gasteiger partial charge in [0.05, 0.1) is 5.56 Å². The van der Waals surface area contributed by atoms with E-state index in [0.29, 0.717) is 17.5 Å². The minimum absolute atomic E-state index is 0.549. The molecule has 270 valence electrons. The first kappa shape index (κ1) is 32.4. The van der Waals surface area contributed by atoms with E-state index in [4.69, 9.17) is 23.8 Å². The zero-order valence-electron chi connectivity index (χ0n) is 31.1. The summed E-state index contributed by atoms with van der Waals surface area (Å²) in [6.07, 6.45) is 0. The summed E-state index contributed by atoms with van der Waals surface area (Å²) in [5.41, 5.74) is 10.3. The Balaban J connectivity index is 1.08. The van der Waals surface area contributed by atoms with Gasteiger partial charge >= 0.3 is 0 Å². The highest BCUT2D eigenvalue weighted by atomic mass is 16.3. The van der Waals surface area contributed by atoms with Gasteiger partial charge in [0.25, 0.3) is 0 Å². The van der Waals surface area contributed by atoms with Gasteiger partial charge < -0.3 is 8.83 Å². The fourth-order valence-electron chi connectivity index (χ4n) is 8.67. The van der Waals surface area contributed by atoms with Crippen molar-refractivity contribution in [2.75, 3.05) is 0 Å². The van der Waals surface area contributed by atoms with E-state index in [1.165, 1.54) is 21.7 Å². The molecule has 0 atom stereocenters. The normalized spacial score (nSPS) is 11.8. The molecule has 0 bridgehead atoms. The van der Waals surface area contributed by atoms with Gasteiger partial charge in [-0.3, -0.25) is 0 Å². The first-order valence-electron chi connectivity index (χ1n) is 19.4. The average molecular weight is 742 g/mol. The van der Waals surface area contributed by atoms with Crippen molar-refractivity contribution in [2.45, 2.75) is 0 Å². The number of nitrogens with zero attached hydrogens (tertiary/aromatic N) is 3. The maximum Gasteiger partial charge on any atom is 0.167 e. The summed E-state index contributed by atoms with van der Waals surface area (Å²) in [5, 5.41) is 8.98. The van der Waals surface area contributed by atoms with E-state index in [0.717, 1.165) is 82.6 Å². The predicted molar refractivity (Wildman–Crippen MR) is 237 cm³/mol. The fraction of sp³-hybridized carbons (Fsp3) is 0. The number of aromatic nitrogens is 3. The van der Waals surface area contributed by atoms with Crippen LogP contribution in [-0.2, 0) is 0 Å². The second-order valence-corrected chi connectivity index (χ2v) is 14.7. The third-order valence-electron chi connectivity index (χ3n) is 11.3. The van der Waals surface area contributed by atoms with E-state index >= 15 is 0 Å². The molecule has 0 unspecified atom stereocenters. The Morgan fingerprint density at radius 2 is 0.897 bits per heavy atom.